The molecule has 0 bridgehead atoms. The van der Waals surface area contributed by atoms with Gasteiger partial charge in [0, 0.05) is 24.6 Å². The lowest BCUT2D eigenvalue weighted by Gasteiger charge is -2.06. The first-order chi connectivity index (χ1) is 8.06. The molecule has 6 nitrogen and oxygen atoms in total. The van der Waals surface area contributed by atoms with Crippen molar-refractivity contribution in [2.45, 2.75) is 6.42 Å². The molecule has 0 aliphatic heterocycles. The molecule has 1 aromatic carbocycles. The van der Waals surface area contributed by atoms with Gasteiger partial charge >= 0.3 is 0 Å². The number of anilines is 1. The zero-order valence-electron chi connectivity index (χ0n) is 8.97. The van der Waals surface area contributed by atoms with Crippen LogP contribution in [-0.4, -0.2) is 17.4 Å². The molecule has 88 valence electrons. The van der Waals surface area contributed by atoms with Crippen LogP contribution in [0.15, 0.2) is 18.2 Å². The van der Waals surface area contributed by atoms with Gasteiger partial charge in [0.05, 0.1) is 4.92 Å². The van der Waals surface area contributed by atoms with Crippen LogP contribution in [0.4, 0.5) is 11.4 Å². The van der Waals surface area contributed by atoms with E-state index in [9.17, 15) is 14.9 Å². The summed E-state index contributed by atoms with van der Waals surface area (Å²) in [5.74, 6) is 1.76. The third-order valence-electron chi connectivity index (χ3n) is 2.06. The third-order valence-corrected chi connectivity index (χ3v) is 2.06. The summed E-state index contributed by atoms with van der Waals surface area (Å²) >= 11 is 0. The predicted octanol–water partition coefficient (Wildman–Crippen LogP) is 1.13. The summed E-state index contributed by atoms with van der Waals surface area (Å²) in [6.07, 6.45) is 5.50. The fourth-order valence-corrected chi connectivity index (χ4v) is 1.26. The standard InChI is InChI=1S/C11H11N3O3/c1-2-3-6-13-9-7-8(11(12)15)4-5-10(9)14(16)17/h1,4-5,7,13H,3,6H2,(H2,12,15). The Morgan fingerprint density at radius 1 is 1.59 bits per heavy atom. The molecule has 0 aromatic heterocycles. The number of amides is 1. The van der Waals surface area contributed by atoms with Crippen molar-refractivity contribution >= 4 is 17.3 Å². The van der Waals surface area contributed by atoms with Gasteiger partial charge in [0.2, 0.25) is 5.91 Å². The average molecular weight is 233 g/mol. The molecule has 1 amide bonds. The van der Waals surface area contributed by atoms with Crippen molar-refractivity contribution < 1.29 is 9.72 Å². The van der Waals surface area contributed by atoms with Gasteiger partial charge in [-0.25, -0.2) is 0 Å². The number of rotatable bonds is 5. The van der Waals surface area contributed by atoms with E-state index in [0.29, 0.717) is 13.0 Å². The Labute approximate surface area is 98.0 Å². The molecular formula is C11H11N3O3. The second-order valence-electron chi connectivity index (χ2n) is 3.23. The van der Waals surface area contributed by atoms with Crippen molar-refractivity contribution in [3.63, 3.8) is 0 Å². The zero-order valence-corrected chi connectivity index (χ0v) is 8.97. The Morgan fingerprint density at radius 2 is 2.29 bits per heavy atom. The number of nitrogens with zero attached hydrogens (tertiary/aromatic N) is 1. The second kappa shape index (κ2) is 5.51. The quantitative estimate of drug-likeness (QED) is 0.344. The molecule has 0 spiro atoms. The molecule has 0 saturated carbocycles. The molecule has 1 rings (SSSR count). The molecule has 6 heteroatoms. The van der Waals surface area contributed by atoms with Gasteiger partial charge in [-0.1, -0.05) is 0 Å². The maximum Gasteiger partial charge on any atom is 0.292 e. The van der Waals surface area contributed by atoms with Crippen LogP contribution in [0.5, 0.6) is 0 Å². The number of hydrogen-bond donors (Lipinski definition) is 2. The average Bonchev–Trinajstić information content (AvgIpc) is 2.28. The Hall–Kier alpha value is -2.55. The summed E-state index contributed by atoms with van der Waals surface area (Å²) in [7, 11) is 0. The monoisotopic (exact) mass is 233 g/mol. The van der Waals surface area contributed by atoms with Gasteiger partial charge in [0.1, 0.15) is 5.69 Å². The smallest absolute Gasteiger partial charge is 0.292 e. The Kier molecular flexibility index (Phi) is 4.06. The van der Waals surface area contributed by atoms with Crippen molar-refractivity contribution in [2.75, 3.05) is 11.9 Å². The number of nitro groups is 1. The number of benzene rings is 1. The van der Waals surface area contributed by atoms with E-state index >= 15 is 0 Å². The number of carbonyl (C=O) groups is 1. The number of nitrogens with two attached hydrogens (primary N) is 1. The highest BCUT2D eigenvalue weighted by atomic mass is 16.6. The van der Waals surface area contributed by atoms with Crippen molar-refractivity contribution in [1.29, 1.82) is 0 Å². The SMILES string of the molecule is C#CCCNc1cc(C(N)=O)ccc1[N+](=O)[O-]. The highest BCUT2D eigenvalue weighted by Crippen LogP contribution is 2.25. The normalized spacial score (nSPS) is 9.35. The van der Waals surface area contributed by atoms with Gasteiger partial charge in [-0.2, -0.15) is 0 Å². The van der Waals surface area contributed by atoms with E-state index in [1.807, 2.05) is 0 Å². The van der Waals surface area contributed by atoms with Crippen molar-refractivity contribution in [3.8, 4) is 12.3 Å². The molecule has 0 atom stereocenters. The van der Waals surface area contributed by atoms with Gasteiger partial charge in [-0.15, -0.1) is 12.3 Å². The topological polar surface area (TPSA) is 98.3 Å². The fraction of sp³-hybridized carbons (Fsp3) is 0.182. The Morgan fingerprint density at radius 3 is 2.82 bits per heavy atom. The van der Waals surface area contributed by atoms with Crippen LogP contribution < -0.4 is 11.1 Å². The van der Waals surface area contributed by atoms with E-state index in [-0.39, 0.29) is 16.9 Å². The summed E-state index contributed by atoms with van der Waals surface area (Å²) < 4.78 is 0. The van der Waals surface area contributed by atoms with Crippen LogP contribution in [0, 0.1) is 22.5 Å². The lowest BCUT2D eigenvalue weighted by molar-refractivity contribution is -0.384. The number of terminal acetylenes is 1. The number of nitro benzene ring substituents is 1. The van der Waals surface area contributed by atoms with E-state index in [4.69, 9.17) is 12.2 Å². The van der Waals surface area contributed by atoms with Crippen LogP contribution in [0.1, 0.15) is 16.8 Å². The number of hydrogen-bond acceptors (Lipinski definition) is 4. The van der Waals surface area contributed by atoms with Gasteiger partial charge < -0.3 is 11.1 Å². The van der Waals surface area contributed by atoms with E-state index < -0.39 is 10.8 Å². The molecule has 0 aliphatic carbocycles. The van der Waals surface area contributed by atoms with Crippen LogP contribution in [0.2, 0.25) is 0 Å². The van der Waals surface area contributed by atoms with E-state index in [2.05, 4.69) is 11.2 Å². The van der Waals surface area contributed by atoms with E-state index in [1.165, 1.54) is 18.2 Å². The second-order valence-corrected chi connectivity index (χ2v) is 3.23. The van der Waals surface area contributed by atoms with Gasteiger partial charge in [-0.3, -0.25) is 14.9 Å². The van der Waals surface area contributed by atoms with Crippen molar-refractivity contribution in [2.24, 2.45) is 5.73 Å². The first-order valence-corrected chi connectivity index (χ1v) is 4.82. The first kappa shape index (κ1) is 12.5. The lowest BCUT2D eigenvalue weighted by atomic mass is 10.1. The summed E-state index contributed by atoms with van der Waals surface area (Å²) in [4.78, 5) is 21.2. The Bertz CT molecular complexity index is 491. The highest BCUT2D eigenvalue weighted by Gasteiger charge is 2.15. The summed E-state index contributed by atoms with van der Waals surface area (Å²) in [6, 6.07) is 3.89. The van der Waals surface area contributed by atoms with E-state index in [1.54, 1.807) is 0 Å². The van der Waals surface area contributed by atoms with Crippen molar-refractivity contribution in [1.82, 2.24) is 0 Å². The van der Waals surface area contributed by atoms with Crippen LogP contribution >= 0.6 is 0 Å². The van der Waals surface area contributed by atoms with Gasteiger partial charge in [-0.05, 0) is 12.1 Å². The molecular weight excluding hydrogens is 222 g/mol. The van der Waals surface area contributed by atoms with Crippen LogP contribution in [-0.2, 0) is 0 Å². The van der Waals surface area contributed by atoms with Crippen molar-refractivity contribution in [3.05, 3.63) is 33.9 Å². The minimum atomic E-state index is -0.639. The van der Waals surface area contributed by atoms with Crippen LogP contribution in [0.25, 0.3) is 0 Å². The largest absolute Gasteiger partial charge is 0.379 e. The van der Waals surface area contributed by atoms with Gasteiger partial charge in [0.25, 0.3) is 5.69 Å². The molecule has 0 aliphatic rings. The zero-order chi connectivity index (χ0) is 12.8. The molecule has 0 heterocycles. The molecule has 0 unspecified atom stereocenters. The molecule has 0 fully saturated rings. The van der Waals surface area contributed by atoms with E-state index in [0.717, 1.165) is 0 Å². The fourth-order valence-electron chi connectivity index (χ4n) is 1.26. The predicted molar refractivity (Wildman–Crippen MR) is 63.6 cm³/mol. The number of nitrogens with one attached hydrogen (secondary N) is 1. The summed E-state index contributed by atoms with van der Waals surface area (Å²) in [5, 5.41) is 13.5. The first-order valence-electron chi connectivity index (χ1n) is 4.82. The summed E-state index contributed by atoms with van der Waals surface area (Å²) in [6.45, 7) is 0.388. The van der Waals surface area contributed by atoms with Gasteiger partial charge in [0.15, 0.2) is 0 Å². The highest BCUT2D eigenvalue weighted by molar-refractivity contribution is 5.94. The van der Waals surface area contributed by atoms with Crippen LogP contribution in [0.3, 0.4) is 0 Å². The minimum Gasteiger partial charge on any atom is -0.379 e. The Balaban J connectivity index is 3.03. The maximum atomic E-state index is 11.0. The maximum absolute atomic E-state index is 11.0. The number of primary amides is 1. The molecule has 0 radical (unpaired) electrons. The number of carbonyl (C=O) groups excluding carboxylic acids is 1. The lowest BCUT2D eigenvalue weighted by Crippen LogP contribution is -2.12. The minimum absolute atomic E-state index is 0.118. The molecule has 0 saturated heterocycles. The molecule has 1 aromatic rings. The third kappa shape index (κ3) is 3.21. The summed E-state index contributed by atoms with van der Waals surface area (Å²) in [5.41, 5.74) is 5.42. The molecule has 17 heavy (non-hydrogen) atoms. The molecule has 3 N–H and O–H groups in total.